The zero-order chi connectivity index (χ0) is 21.8. The Morgan fingerprint density at radius 1 is 1.03 bits per heavy atom. The second-order valence-electron chi connectivity index (χ2n) is 7.77. The molecule has 4 rings (SSSR count). The molecule has 0 saturated carbocycles. The van der Waals surface area contributed by atoms with Gasteiger partial charge in [0.15, 0.2) is 11.0 Å². The maximum atomic E-state index is 5.90. The van der Waals surface area contributed by atoms with Crippen molar-refractivity contribution in [1.29, 1.82) is 0 Å². The molecule has 0 aliphatic heterocycles. The van der Waals surface area contributed by atoms with Crippen LogP contribution in [-0.4, -0.2) is 19.7 Å². The Balaban J connectivity index is 1.34. The minimum Gasteiger partial charge on any atom is -0.486 e. The zero-order valence-electron chi connectivity index (χ0n) is 18.2. The molecule has 2 heterocycles. The molecule has 160 valence electrons. The number of hydrogen-bond acceptors (Lipinski definition) is 6. The quantitative estimate of drug-likeness (QED) is 0.297. The normalized spacial score (nSPS) is 11.3. The fourth-order valence-electron chi connectivity index (χ4n) is 3.03. The van der Waals surface area contributed by atoms with Gasteiger partial charge >= 0.3 is 0 Å². The summed E-state index contributed by atoms with van der Waals surface area (Å²) in [6, 6.07) is 16.7. The first-order valence-corrected chi connectivity index (χ1v) is 12.1. The number of ether oxygens (including phenoxy) is 1. The summed E-state index contributed by atoms with van der Waals surface area (Å²) in [6.45, 7) is 6.85. The molecule has 0 amide bonds. The van der Waals surface area contributed by atoms with E-state index in [9.17, 15) is 0 Å². The van der Waals surface area contributed by atoms with E-state index in [2.05, 4.69) is 72.7 Å². The van der Waals surface area contributed by atoms with E-state index in [1.54, 1.807) is 23.1 Å². The van der Waals surface area contributed by atoms with Crippen LogP contribution in [0.2, 0.25) is 0 Å². The molecule has 0 aliphatic rings. The summed E-state index contributed by atoms with van der Waals surface area (Å²) in [4.78, 5) is 4.77. The smallest absolute Gasteiger partial charge is 0.191 e. The van der Waals surface area contributed by atoms with Crippen molar-refractivity contribution >= 4 is 23.1 Å². The van der Waals surface area contributed by atoms with Gasteiger partial charge in [-0.2, -0.15) is 0 Å². The number of aromatic nitrogens is 4. The SMILES string of the molecule is Cc1ccc(-c2nc(CSc3nnc(COc4ccc(C(C)C)cc4)n3C)cs2)cc1. The molecule has 2 aromatic carbocycles. The van der Waals surface area contributed by atoms with Gasteiger partial charge in [0.25, 0.3) is 0 Å². The van der Waals surface area contributed by atoms with Gasteiger partial charge in [-0.05, 0) is 30.5 Å². The highest BCUT2D eigenvalue weighted by atomic mass is 32.2. The van der Waals surface area contributed by atoms with Crippen LogP contribution in [0.1, 0.15) is 42.4 Å². The minimum atomic E-state index is 0.388. The molecule has 0 bridgehead atoms. The van der Waals surface area contributed by atoms with Crippen LogP contribution in [0.3, 0.4) is 0 Å². The number of hydrogen-bond donors (Lipinski definition) is 0. The predicted molar refractivity (Wildman–Crippen MR) is 128 cm³/mol. The molecule has 0 atom stereocenters. The third-order valence-corrected chi connectivity index (χ3v) is 7.03. The second kappa shape index (κ2) is 9.66. The first-order chi connectivity index (χ1) is 15.0. The van der Waals surface area contributed by atoms with Gasteiger partial charge in [0.2, 0.25) is 0 Å². The molecule has 0 fully saturated rings. The van der Waals surface area contributed by atoms with E-state index in [1.807, 2.05) is 23.7 Å². The van der Waals surface area contributed by atoms with Gasteiger partial charge in [0, 0.05) is 23.7 Å². The van der Waals surface area contributed by atoms with Crippen LogP contribution in [0.4, 0.5) is 0 Å². The lowest BCUT2D eigenvalue weighted by molar-refractivity contribution is 0.290. The zero-order valence-corrected chi connectivity index (χ0v) is 19.8. The van der Waals surface area contributed by atoms with Crippen LogP contribution in [0.15, 0.2) is 59.1 Å². The summed E-state index contributed by atoms with van der Waals surface area (Å²) in [7, 11) is 1.97. The average molecular weight is 451 g/mol. The average Bonchev–Trinajstić information content (AvgIpc) is 3.38. The van der Waals surface area contributed by atoms with Gasteiger partial charge in [-0.25, -0.2) is 4.98 Å². The van der Waals surface area contributed by atoms with E-state index in [0.29, 0.717) is 12.5 Å². The summed E-state index contributed by atoms with van der Waals surface area (Å²) in [5.41, 5.74) is 4.77. The lowest BCUT2D eigenvalue weighted by Crippen LogP contribution is -2.04. The molecule has 0 radical (unpaired) electrons. The molecule has 0 unspecified atom stereocenters. The van der Waals surface area contributed by atoms with Crippen LogP contribution < -0.4 is 4.74 Å². The number of thioether (sulfide) groups is 1. The van der Waals surface area contributed by atoms with Crippen LogP contribution in [0.5, 0.6) is 5.75 Å². The third kappa shape index (κ3) is 5.35. The van der Waals surface area contributed by atoms with Crippen LogP contribution in [-0.2, 0) is 19.4 Å². The van der Waals surface area contributed by atoms with Crippen LogP contribution in [0.25, 0.3) is 10.6 Å². The topological polar surface area (TPSA) is 52.8 Å². The fraction of sp³-hybridized carbons (Fsp3) is 0.292. The van der Waals surface area contributed by atoms with E-state index in [0.717, 1.165) is 38.7 Å². The molecule has 0 aliphatic carbocycles. The Morgan fingerprint density at radius 2 is 1.77 bits per heavy atom. The van der Waals surface area contributed by atoms with Crippen LogP contribution in [0, 0.1) is 6.92 Å². The monoisotopic (exact) mass is 450 g/mol. The molecule has 31 heavy (non-hydrogen) atoms. The van der Waals surface area contributed by atoms with E-state index in [-0.39, 0.29) is 0 Å². The molecular weight excluding hydrogens is 424 g/mol. The second-order valence-corrected chi connectivity index (χ2v) is 9.57. The molecular formula is C24H26N4OS2. The molecule has 2 aromatic heterocycles. The van der Waals surface area contributed by atoms with E-state index in [4.69, 9.17) is 9.72 Å². The van der Waals surface area contributed by atoms with Crippen molar-refractivity contribution in [3.63, 3.8) is 0 Å². The van der Waals surface area contributed by atoms with Crippen molar-refractivity contribution in [3.05, 3.63) is 76.6 Å². The van der Waals surface area contributed by atoms with E-state index >= 15 is 0 Å². The Labute approximate surface area is 191 Å². The van der Waals surface area contributed by atoms with Gasteiger partial charge in [0.1, 0.15) is 17.4 Å². The van der Waals surface area contributed by atoms with Crippen molar-refractivity contribution in [2.75, 3.05) is 0 Å². The lowest BCUT2D eigenvalue weighted by atomic mass is 10.0. The first kappa shape index (κ1) is 21.6. The highest BCUT2D eigenvalue weighted by Crippen LogP contribution is 2.28. The lowest BCUT2D eigenvalue weighted by Gasteiger charge is -2.09. The van der Waals surface area contributed by atoms with Gasteiger partial charge in [-0.15, -0.1) is 21.5 Å². The van der Waals surface area contributed by atoms with Crippen molar-refractivity contribution in [1.82, 2.24) is 19.7 Å². The third-order valence-electron chi connectivity index (χ3n) is 5.04. The molecule has 0 N–H and O–H groups in total. The number of aryl methyl sites for hydroxylation is 1. The molecule has 0 saturated heterocycles. The van der Waals surface area contributed by atoms with Gasteiger partial charge in [0.05, 0.1) is 5.69 Å². The Bertz CT molecular complexity index is 1130. The summed E-state index contributed by atoms with van der Waals surface area (Å²) >= 11 is 3.31. The number of rotatable bonds is 8. The van der Waals surface area contributed by atoms with Crippen LogP contribution >= 0.6 is 23.1 Å². The highest BCUT2D eigenvalue weighted by molar-refractivity contribution is 7.98. The Kier molecular flexibility index (Phi) is 6.73. The van der Waals surface area contributed by atoms with E-state index < -0.39 is 0 Å². The van der Waals surface area contributed by atoms with E-state index in [1.165, 1.54) is 11.1 Å². The molecule has 5 nitrogen and oxygen atoms in total. The van der Waals surface area contributed by atoms with Crippen molar-refractivity contribution in [2.24, 2.45) is 7.05 Å². The predicted octanol–water partition coefficient (Wildman–Crippen LogP) is 6.24. The standard InChI is InChI=1S/C24H26N4OS2/c1-16(2)18-9-11-21(12-10-18)29-13-22-26-27-24(28(22)4)31-15-20-14-30-23(25-20)19-7-5-17(3)6-8-19/h5-12,14,16H,13,15H2,1-4H3. The Morgan fingerprint density at radius 3 is 2.48 bits per heavy atom. The van der Waals surface area contributed by atoms with Gasteiger partial charge in [-0.1, -0.05) is 67.6 Å². The summed E-state index contributed by atoms with van der Waals surface area (Å²) < 4.78 is 7.89. The summed E-state index contributed by atoms with van der Waals surface area (Å²) in [5.74, 6) is 2.91. The summed E-state index contributed by atoms with van der Waals surface area (Å²) in [5, 5.41) is 12.6. The highest BCUT2D eigenvalue weighted by Gasteiger charge is 2.12. The van der Waals surface area contributed by atoms with Crippen molar-refractivity contribution in [2.45, 2.75) is 44.2 Å². The fourth-order valence-corrected chi connectivity index (χ4v) is 4.79. The van der Waals surface area contributed by atoms with Gasteiger partial charge < -0.3 is 9.30 Å². The molecule has 7 heteroatoms. The largest absolute Gasteiger partial charge is 0.486 e. The number of nitrogens with zero attached hydrogens (tertiary/aromatic N) is 4. The van der Waals surface area contributed by atoms with Crippen molar-refractivity contribution < 1.29 is 4.74 Å². The minimum absolute atomic E-state index is 0.388. The maximum absolute atomic E-state index is 5.90. The maximum Gasteiger partial charge on any atom is 0.191 e. The Hall–Kier alpha value is -2.64. The molecule has 4 aromatic rings. The van der Waals surface area contributed by atoms with Gasteiger partial charge in [-0.3, -0.25) is 0 Å². The molecule has 0 spiro atoms. The number of thiazole rings is 1. The number of benzene rings is 2. The summed E-state index contributed by atoms with van der Waals surface area (Å²) in [6.07, 6.45) is 0. The van der Waals surface area contributed by atoms with Crippen molar-refractivity contribution in [3.8, 4) is 16.3 Å². The first-order valence-electron chi connectivity index (χ1n) is 10.2.